The van der Waals surface area contributed by atoms with E-state index in [2.05, 4.69) is 32.7 Å². The lowest BCUT2D eigenvalue weighted by atomic mass is 10.3. The van der Waals surface area contributed by atoms with Crippen LogP contribution in [0.1, 0.15) is 19.4 Å². The van der Waals surface area contributed by atoms with Gasteiger partial charge in [-0.25, -0.2) is 0 Å². The molecule has 0 bridgehead atoms. The Morgan fingerprint density at radius 1 is 1.38 bits per heavy atom. The Morgan fingerprint density at radius 2 is 2.06 bits per heavy atom. The first-order valence-corrected chi connectivity index (χ1v) is 7.10. The van der Waals surface area contributed by atoms with Gasteiger partial charge in [0, 0.05) is 26.3 Å². The molecule has 3 nitrogen and oxygen atoms in total. The number of hydrogen-bond acceptors (Lipinski definition) is 4. The zero-order valence-corrected chi connectivity index (χ0v) is 12.1. The second-order valence-corrected chi connectivity index (χ2v) is 5.52. The van der Waals surface area contributed by atoms with Crippen molar-refractivity contribution in [3.8, 4) is 0 Å². The third-order valence-corrected chi connectivity index (χ3v) is 3.52. The van der Waals surface area contributed by atoms with Gasteiger partial charge in [0.25, 0.3) is 0 Å². The predicted molar refractivity (Wildman–Crippen MR) is 70.8 cm³/mol. The molecule has 0 amide bonds. The smallest absolute Gasteiger partial charge is 0.169 e. The molecule has 0 aliphatic heterocycles. The zero-order valence-electron chi connectivity index (χ0n) is 9.66. The third-order valence-electron chi connectivity index (χ3n) is 1.97. The van der Waals surface area contributed by atoms with E-state index in [1.165, 1.54) is 5.56 Å². The maximum absolute atomic E-state index is 5.43. The van der Waals surface area contributed by atoms with Gasteiger partial charge in [-0.1, -0.05) is 0 Å². The second kappa shape index (κ2) is 8.20. The highest BCUT2D eigenvalue weighted by Gasteiger charge is 2.06. The highest BCUT2D eigenvalue weighted by atomic mass is 79.9. The summed E-state index contributed by atoms with van der Waals surface area (Å²) in [5, 5.41) is 5.45. The lowest BCUT2D eigenvalue weighted by Crippen LogP contribution is -2.31. The van der Waals surface area contributed by atoms with E-state index >= 15 is 0 Å². The van der Waals surface area contributed by atoms with E-state index in [0.717, 1.165) is 16.9 Å². The Morgan fingerprint density at radius 3 is 2.56 bits per heavy atom. The van der Waals surface area contributed by atoms with Crippen molar-refractivity contribution >= 4 is 27.3 Å². The molecule has 0 atom stereocenters. The average Bonchev–Trinajstić information content (AvgIpc) is 2.65. The second-order valence-electron chi connectivity index (χ2n) is 3.23. The minimum absolute atomic E-state index is 0.142. The van der Waals surface area contributed by atoms with Crippen LogP contribution in [0.3, 0.4) is 0 Å². The van der Waals surface area contributed by atoms with Crippen molar-refractivity contribution in [2.45, 2.75) is 26.7 Å². The monoisotopic (exact) mass is 307 g/mol. The molecule has 0 saturated heterocycles. The van der Waals surface area contributed by atoms with Crippen LogP contribution in [-0.2, 0) is 16.0 Å². The van der Waals surface area contributed by atoms with E-state index in [9.17, 15) is 0 Å². The van der Waals surface area contributed by atoms with Gasteiger partial charge in [-0.3, -0.25) is 0 Å². The number of halogens is 1. The Labute approximate surface area is 109 Å². The molecule has 1 aromatic heterocycles. The molecule has 0 aliphatic carbocycles. The van der Waals surface area contributed by atoms with Crippen molar-refractivity contribution in [1.82, 2.24) is 5.32 Å². The minimum Gasteiger partial charge on any atom is -0.352 e. The number of nitrogens with one attached hydrogen (secondary N) is 1. The highest BCUT2D eigenvalue weighted by Crippen LogP contribution is 2.20. The quantitative estimate of drug-likeness (QED) is 0.749. The van der Waals surface area contributed by atoms with Crippen LogP contribution < -0.4 is 5.32 Å². The summed E-state index contributed by atoms with van der Waals surface area (Å²) in [6.07, 6.45) is -0.142. The van der Waals surface area contributed by atoms with Crippen LogP contribution >= 0.6 is 27.3 Å². The van der Waals surface area contributed by atoms with E-state index in [1.807, 2.05) is 13.8 Å². The molecule has 0 aromatic carbocycles. The van der Waals surface area contributed by atoms with E-state index in [1.54, 1.807) is 11.3 Å². The highest BCUT2D eigenvalue weighted by molar-refractivity contribution is 9.11. The number of hydrogen-bond donors (Lipinski definition) is 1. The van der Waals surface area contributed by atoms with Crippen LogP contribution in [0.2, 0.25) is 0 Å². The van der Waals surface area contributed by atoms with Gasteiger partial charge in [0.1, 0.15) is 0 Å². The molecule has 0 fully saturated rings. The Hall–Kier alpha value is 0.0600. The molecular weight excluding hydrogens is 290 g/mol. The SMILES string of the molecule is CCOC(CNCc1csc(Br)c1)OCC. The number of thiophene rings is 1. The number of ether oxygens (including phenoxy) is 2. The molecule has 0 radical (unpaired) electrons. The van der Waals surface area contributed by atoms with Crippen LogP contribution in [-0.4, -0.2) is 26.0 Å². The molecule has 92 valence electrons. The summed E-state index contributed by atoms with van der Waals surface area (Å²) in [4.78, 5) is 0. The first-order chi connectivity index (χ1) is 7.76. The Kier molecular flexibility index (Phi) is 7.23. The van der Waals surface area contributed by atoms with Crippen molar-refractivity contribution in [1.29, 1.82) is 0 Å². The molecule has 16 heavy (non-hydrogen) atoms. The van der Waals surface area contributed by atoms with E-state index in [-0.39, 0.29) is 6.29 Å². The van der Waals surface area contributed by atoms with Gasteiger partial charge >= 0.3 is 0 Å². The maximum atomic E-state index is 5.43. The fourth-order valence-electron chi connectivity index (χ4n) is 1.31. The van der Waals surface area contributed by atoms with Gasteiger partial charge in [0.15, 0.2) is 6.29 Å². The lowest BCUT2D eigenvalue weighted by molar-refractivity contribution is -0.133. The summed E-state index contributed by atoms with van der Waals surface area (Å²) in [7, 11) is 0. The summed E-state index contributed by atoms with van der Waals surface area (Å²) in [5.74, 6) is 0. The molecule has 1 heterocycles. The van der Waals surface area contributed by atoms with Gasteiger partial charge in [-0.05, 0) is 46.8 Å². The topological polar surface area (TPSA) is 30.5 Å². The van der Waals surface area contributed by atoms with Crippen molar-refractivity contribution < 1.29 is 9.47 Å². The summed E-state index contributed by atoms with van der Waals surface area (Å²) < 4.78 is 12.0. The van der Waals surface area contributed by atoms with E-state index in [0.29, 0.717) is 13.2 Å². The van der Waals surface area contributed by atoms with Crippen molar-refractivity contribution in [2.24, 2.45) is 0 Å². The molecule has 5 heteroatoms. The predicted octanol–water partition coefficient (Wildman–Crippen LogP) is 3.00. The van der Waals surface area contributed by atoms with Crippen LogP contribution in [0, 0.1) is 0 Å². The van der Waals surface area contributed by atoms with Crippen LogP contribution in [0.25, 0.3) is 0 Å². The lowest BCUT2D eigenvalue weighted by Gasteiger charge is -2.17. The summed E-state index contributed by atoms with van der Waals surface area (Å²) >= 11 is 5.14. The fraction of sp³-hybridized carbons (Fsp3) is 0.636. The standard InChI is InChI=1S/C11H18BrNO2S/c1-3-14-11(15-4-2)7-13-6-9-5-10(12)16-8-9/h5,8,11,13H,3-4,6-7H2,1-2H3. The molecule has 1 rings (SSSR count). The van der Waals surface area contributed by atoms with Crippen molar-refractivity contribution in [2.75, 3.05) is 19.8 Å². The molecule has 0 aliphatic rings. The van der Waals surface area contributed by atoms with Crippen molar-refractivity contribution in [3.05, 3.63) is 20.8 Å². The molecular formula is C11H18BrNO2S. The molecule has 1 N–H and O–H groups in total. The largest absolute Gasteiger partial charge is 0.352 e. The fourth-order valence-corrected chi connectivity index (χ4v) is 2.52. The van der Waals surface area contributed by atoms with Gasteiger partial charge in [-0.2, -0.15) is 0 Å². The van der Waals surface area contributed by atoms with Crippen LogP contribution in [0.15, 0.2) is 15.2 Å². The molecule has 0 saturated carbocycles. The third kappa shape index (κ3) is 5.41. The van der Waals surface area contributed by atoms with Gasteiger partial charge in [0.05, 0.1) is 3.79 Å². The Bertz CT molecular complexity index is 287. The number of rotatable bonds is 8. The molecule has 1 aromatic rings. The van der Waals surface area contributed by atoms with E-state index < -0.39 is 0 Å². The zero-order chi connectivity index (χ0) is 11.8. The van der Waals surface area contributed by atoms with Gasteiger partial charge in [-0.15, -0.1) is 11.3 Å². The van der Waals surface area contributed by atoms with Gasteiger partial charge in [0.2, 0.25) is 0 Å². The van der Waals surface area contributed by atoms with Crippen molar-refractivity contribution in [3.63, 3.8) is 0 Å². The van der Waals surface area contributed by atoms with Gasteiger partial charge < -0.3 is 14.8 Å². The Balaban J connectivity index is 2.21. The maximum Gasteiger partial charge on any atom is 0.169 e. The molecule has 0 spiro atoms. The summed E-state index contributed by atoms with van der Waals surface area (Å²) in [6, 6.07) is 2.12. The summed E-state index contributed by atoms with van der Waals surface area (Å²) in [5.41, 5.74) is 1.28. The molecule has 0 unspecified atom stereocenters. The average molecular weight is 308 g/mol. The van der Waals surface area contributed by atoms with Crippen LogP contribution in [0.5, 0.6) is 0 Å². The van der Waals surface area contributed by atoms with Crippen LogP contribution in [0.4, 0.5) is 0 Å². The normalized spacial score (nSPS) is 11.2. The summed E-state index contributed by atoms with van der Waals surface area (Å²) in [6.45, 7) is 6.87. The first-order valence-electron chi connectivity index (χ1n) is 5.43. The van der Waals surface area contributed by atoms with E-state index in [4.69, 9.17) is 9.47 Å². The minimum atomic E-state index is -0.142. The first kappa shape index (κ1) is 14.1.